The van der Waals surface area contributed by atoms with Crippen LogP contribution in [0.15, 0.2) is 30.9 Å². The predicted octanol–water partition coefficient (Wildman–Crippen LogP) is 3.59. The number of hydrogen-bond donors (Lipinski definition) is 0. The van der Waals surface area contributed by atoms with Gasteiger partial charge in [0.15, 0.2) is 0 Å². The van der Waals surface area contributed by atoms with E-state index in [0.717, 1.165) is 17.1 Å². The van der Waals surface area contributed by atoms with Crippen molar-refractivity contribution in [3.8, 4) is 11.5 Å². The number of ether oxygens (including phenoxy) is 2. The molecule has 1 aromatic rings. The first-order chi connectivity index (χ1) is 7.71. The number of rotatable bonds is 6. The first kappa shape index (κ1) is 12.6. The Morgan fingerprint density at radius 1 is 1.12 bits per heavy atom. The summed E-state index contributed by atoms with van der Waals surface area (Å²) in [5.74, 6) is 1.69. The van der Waals surface area contributed by atoms with Crippen molar-refractivity contribution in [2.75, 3.05) is 13.2 Å². The minimum atomic E-state index is 0.0552. The van der Waals surface area contributed by atoms with E-state index in [1.165, 1.54) is 0 Å². The largest absolute Gasteiger partial charge is 0.494 e. The average molecular weight is 219 g/mol. The molecule has 1 unspecified atom stereocenters. The molecule has 0 amide bonds. The van der Waals surface area contributed by atoms with E-state index in [0.29, 0.717) is 13.2 Å². The summed E-state index contributed by atoms with van der Waals surface area (Å²) < 4.78 is 11.0. The van der Waals surface area contributed by atoms with Gasteiger partial charge in [0, 0.05) is 12.0 Å². The Morgan fingerprint density at radius 3 is 2.00 bits per heavy atom. The summed E-state index contributed by atoms with van der Waals surface area (Å²) in [6.07, 6.45) is 1.81. The molecule has 2 heteroatoms. The average Bonchev–Trinajstić information content (AvgIpc) is 2.28. The van der Waals surface area contributed by atoms with Crippen LogP contribution < -0.4 is 9.47 Å². The Kier molecular flexibility index (Phi) is 4.90. The van der Waals surface area contributed by atoms with Crippen LogP contribution in [-0.2, 0) is 0 Å². The monoisotopic (exact) mass is 219 g/mol. The third kappa shape index (κ3) is 3.30. The molecule has 0 spiro atoms. The van der Waals surface area contributed by atoms with Crippen molar-refractivity contribution in [3.63, 3.8) is 0 Å². The van der Waals surface area contributed by atoms with Crippen LogP contribution in [0.5, 0.6) is 11.5 Å². The van der Waals surface area contributed by atoms with Crippen LogP contribution >= 0.6 is 0 Å². The maximum Gasteiger partial charge on any atom is 0.123 e. The maximum absolute atomic E-state index is 5.49. The van der Waals surface area contributed by atoms with E-state index in [4.69, 9.17) is 9.47 Å². The zero-order valence-electron chi connectivity index (χ0n) is 10.0. The highest BCUT2D eigenvalue weighted by molar-refractivity contribution is 5.41. The third-order valence-corrected chi connectivity index (χ3v) is 2.24. The Labute approximate surface area is 97.9 Å². The standard InChI is InChI=1S/C14H19O2/c1-5-11(4)12-8-13(15-6-2)10-14(9-12)16-7-3/h5,8-11H,1,4,6-7H2,2-3H3. The molecule has 0 aliphatic rings. The van der Waals surface area contributed by atoms with E-state index >= 15 is 0 Å². The summed E-state index contributed by atoms with van der Waals surface area (Å²) in [4.78, 5) is 0. The summed E-state index contributed by atoms with van der Waals surface area (Å²) in [6.45, 7) is 13.0. The summed E-state index contributed by atoms with van der Waals surface area (Å²) >= 11 is 0. The number of allylic oxidation sites excluding steroid dienone is 1. The van der Waals surface area contributed by atoms with Gasteiger partial charge in [0.05, 0.1) is 13.2 Å². The molecule has 2 nitrogen and oxygen atoms in total. The molecule has 0 fully saturated rings. The lowest BCUT2D eigenvalue weighted by Crippen LogP contribution is -1.98. The predicted molar refractivity (Wildman–Crippen MR) is 67.1 cm³/mol. The number of benzene rings is 1. The van der Waals surface area contributed by atoms with Crippen LogP contribution in [-0.4, -0.2) is 13.2 Å². The van der Waals surface area contributed by atoms with Gasteiger partial charge in [0.1, 0.15) is 11.5 Å². The molecule has 0 aliphatic heterocycles. The molecule has 87 valence electrons. The lowest BCUT2D eigenvalue weighted by atomic mass is 10.0. The molecule has 0 aromatic heterocycles. The molecule has 0 N–H and O–H groups in total. The van der Waals surface area contributed by atoms with Crippen LogP contribution in [0, 0.1) is 6.92 Å². The lowest BCUT2D eigenvalue weighted by molar-refractivity contribution is 0.322. The van der Waals surface area contributed by atoms with E-state index in [9.17, 15) is 0 Å². The van der Waals surface area contributed by atoms with Crippen LogP contribution in [0.3, 0.4) is 0 Å². The Morgan fingerprint density at radius 2 is 1.62 bits per heavy atom. The number of hydrogen-bond acceptors (Lipinski definition) is 2. The van der Waals surface area contributed by atoms with Crippen molar-refractivity contribution < 1.29 is 9.47 Å². The summed E-state index contributed by atoms with van der Waals surface area (Å²) in [5.41, 5.74) is 1.06. The topological polar surface area (TPSA) is 18.5 Å². The smallest absolute Gasteiger partial charge is 0.123 e. The molecule has 1 rings (SSSR count). The SMILES string of the molecule is [CH2]C(C=C)c1cc(OCC)cc(OCC)c1. The van der Waals surface area contributed by atoms with Gasteiger partial charge in [-0.25, -0.2) is 0 Å². The van der Waals surface area contributed by atoms with Crippen molar-refractivity contribution in [2.45, 2.75) is 19.8 Å². The molecule has 1 aromatic carbocycles. The van der Waals surface area contributed by atoms with Crippen LogP contribution in [0.4, 0.5) is 0 Å². The fourth-order valence-electron chi connectivity index (χ4n) is 1.44. The van der Waals surface area contributed by atoms with Gasteiger partial charge in [0.25, 0.3) is 0 Å². The van der Waals surface area contributed by atoms with Crippen LogP contribution in [0.25, 0.3) is 0 Å². The third-order valence-electron chi connectivity index (χ3n) is 2.24. The molecule has 0 heterocycles. The second-order valence-electron chi connectivity index (χ2n) is 3.45. The minimum Gasteiger partial charge on any atom is -0.494 e. The zero-order valence-corrected chi connectivity index (χ0v) is 10.0. The van der Waals surface area contributed by atoms with Crippen LogP contribution in [0.1, 0.15) is 25.3 Å². The van der Waals surface area contributed by atoms with E-state index in [-0.39, 0.29) is 5.92 Å². The zero-order chi connectivity index (χ0) is 12.0. The first-order valence-electron chi connectivity index (χ1n) is 5.57. The van der Waals surface area contributed by atoms with Gasteiger partial charge in [-0.15, -0.1) is 6.58 Å². The normalized spacial score (nSPS) is 11.9. The molecule has 0 saturated heterocycles. The summed E-state index contributed by atoms with van der Waals surface area (Å²) in [6, 6.07) is 5.85. The van der Waals surface area contributed by atoms with Gasteiger partial charge in [-0.1, -0.05) is 6.08 Å². The van der Waals surface area contributed by atoms with Gasteiger partial charge >= 0.3 is 0 Å². The van der Waals surface area contributed by atoms with Gasteiger partial charge in [-0.05, 0) is 38.5 Å². The van der Waals surface area contributed by atoms with E-state index in [1.807, 2.05) is 32.0 Å². The molecule has 0 aliphatic carbocycles. The summed E-state index contributed by atoms with van der Waals surface area (Å²) in [5, 5.41) is 0. The lowest BCUT2D eigenvalue weighted by Gasteiger charge is -2.13. The Hall–Kier alpha value is -1.44. The van der Waals surface area contributed by atoms with Gasteiger partial charge in [-0.3, -0.25) is 0 Å². The fourth-order valence-corrected chi connectivity index (χ4v) is 1.44. The van der Waals surface area contributed by atoms with Gasteiger partial charge in [0.2, 0.25) is 0 Å². The first-order valence-corrected chi connectivity index (χ1v) is 5.57. The second kappa shape index (κ2) is 6.21. The highest BCUT2D eigenvalue weighted by Gasteiger charge is 2.06. The van der Waals surface area contributed by atoms with E-state index in [2.05, 4.69) is 13.5 Å². The van der Waals surface area contributed by atoms with Crippen LogP contribution in [0.2, 0.25) is 0 Å². The molecular formula is C14H19O2. The molecule has 0 bridgehead atoms. The van der Waals surface area contributed by atoms with Crippen molar-refractivity contribution >= 4 is 0 Å². The Bertz CT molecular complexity index is 320. The van der Waals surface area contributed by atoms with Crippen molar-refractivity contribution in [2.24, 2.45) is 0 Å². The van der Waals surface area contributed by atoms with E-state index in [1.54, 1.807) is 6.08 Å². The highest BCUT2D eigenvalue weighted by atomic mass is 16.5. The molecule has 1 radical (unpaired) electrons. The molecular weight excluding hydrogens is 200 g/mol. The summed E-state index contributed by atoms with van der Waals surface area (Å²) in [7, 11) is 0. The van der Waals surface area contributed by atoms with Gasteiger partial charge in [-0.2, -0.15) is 0 Å². The quantitative estimate of drug-likeness (QED) is 0.681. The molecule has 1 atom stereocenters. The van der Waals surface area contributed by atoms with Crippen molar-refractivity contribution in [1.82, 2.24) is 0 Å². The molecule has 0 saturated carbocycles. The maximum atomic E-state index is 5.49. The van der Waals surface area contributed by atoms with Gasteiger partial charge < -0.3 is 9.47 Å². The van der Waals surface area contributed by atoms with Crippen molar-refractivity contribution in [1.29, 1.82) is 0 Å². The Balaban J connectivity index is 3.02. The fraction of sp³-hybridized carbons (Fsp3) is 0.357. The minimum absolute atomic E-state index is 0.0552. The second-order valence-corrected chi connectivity index (χ2v) is 3.45. The van der Waals surface area contributed by atoms with Crippen molar-refractivity contribution in [3.05, 3.63) is 43.3 Å². The van der Waals surface area contributed by atoms with E-state index < -0.39 is 0 Å². The molecule has 16 heavy (non-hydrogen) atoms. The highest BCUT2D eigenvalue weighted by Crippen LogP contribution is 2.27.